The van der Waals surface area contributed by atoms with Crippen LogP contribution in [-0.4, -0.2) is 19.9 Å². The SMILES string of the molecule is Fc1ccc([C@@H]2Cn3nc(-c4nc(-c5ccccc5)no4)cc3CO2)cc1. The van der Waals surface area contributed by atoms with Gasteiger partial charge in [0.15, 0.2) is 5.69 Å². The van der Waals surface area contributed by atoms with Gasteiger partial charge in [-0.25, -0.2) is 4.39 Å². The first-order valence-corrected chi connectivity index (χ1v) is 8.59. The number of hydrogen-bond donors (Lipinski definition) is 0. The lowest BCUT2D eigenvalue weighted by molar-refractivity contribution is -0.00116. The Hall–Kier alpha value is -3.32. The summed E-state index contributed by atoms with van der Waals surface area (Å²) in [6, 6.07) is 17.9. The Labute approximate surface area is 154 Å². The van der Waals surface area contributed by atoms with Crippen LogP contribution >= 0.6 is 0 Å². The second-order valence-electron chi connectivity index (χ2n) is 6.34. The van der Waals surface area contributed by atoms with Crippen LogP contribution in [0.2, 0.25) is 0 Å². The molecule has 0 spiro atoms. The molecular weight excluding hydrogens is 347 g/mol. The lowest BCUT2D eigenvalue weighted by Gasteiger charge is -2.24. The fourth-order valence-corrected chi connectivity index (χ4v) is 3.14. The highest BCUT2D eigenvalue weighted by Gasteiger charge is 2.24. The molecule has 0 aliphatic carbocycles. The molecule has 1 aliphatic heterocycles. The smallest absolute Gasteiger partial charge is 0.278 e. The first-order chi connectivity index (χ1) is 13.3. The van der Waals surface area contributed by atoms with Gasteiger partial charge in [0.05, 0.1) is 18.8 Å². The van der Waals surface area contributed by atoms with Gasteiger partial charge in [0.1, 0.15) is 11.9 Å². The number of aromatic nitrogens is 4. The molecule has 1 atom stereocenters. The topological polar surface area (TPSA) is 66.0 Å². The van der Waals surface area contributed by atoms with E-state index in [1.165, 1.54) is 12.1 Å². The van der Waals surface area contributed by atoms with Gasteiger partial charge < -0.3 is 9.26 Å². The third-order valence-electron chi connectivity index (χ3n) is 4.55. The molecule has 0 N–H and O–H groups in total. The number of rotatable bonds is 3. The van der Waals surface area contributed by atoms with Crippen LogP contribution in [-0.2, 0) is 17.9 Å². The molecule has 2 aromatic carbocycles. The summed E-state index contributed by atoms with van der Waals surface area (Å²) in [6.45, 7) is 0.954. The molecule has 0 radical (unpaired) electrons. The zero-order chi connectivity index (χ0) is 18.2. The second kappa shape index (κ2) is 6.44. The molecule has 0 fully saturated rings. The van der Waals surface area contributed by atoms with E-state index in [4.69, 9.17) is 9.26 Å². The van der Waals surface area contributed by atoms with Gasteiger partial charge >= 0.3 is 0 Å². The van der Waals surface area contributed by atoms with E-state index < -0.39 is 0 Å². The summed E-state index contributed by atoms with van der Waals surface area (Å²) in [7, 11) is 0. The summed E-state index contributed by atoms with van der Waals surface area (Å²) in [4.78, 5) is 4.44. The minimum Gasteiger partial charge on any atom is -0.365 e. The minimum absolute atomic E-state index is 0.173. The maximum Gasteiger partial charge on any atom is 0.278 e. The fraction of sp³-hybridized carbons (Fsp3) is 0.150. The maximum atomic E-state index is 13.1. The van der Waals surface area contributed by atoms with Gasteiger partial charge in [-0.2, -0.15) is 10.1 Å². The fourth-order valence-electron chi connectivity index (χ4n) is 3.14. The Morgan fingerprint density at radius 1 is 1.04 bits per heavy atom. The average Bonchev–Trinajstić information content (AvgIpc) is 3.36. The Morgan fingerprint density at radius 3 is 2.67 bits per heavy atom. The van der Waals surface area contributed by atoms with Crippen LogP contribution in [0, 0.1) is 5.82 Å². The average molecular weight is 362 g/mol. The number of benzene rings is 2. The molecule has 27 heavy (non-hydrogen) atoms. The van der Waals surface area contributed by atoms with E-state index in [1.54, 1.807) is 12.1 Å². The van der Waals surface area contributed by atoms with Crippen LogP contribution in [0.4, 0.5) is 4.39 Å². The zero-order valence-corrected chi connectivity index (χ0v) is 14.2. The van der Waals surface area contributed by atoms with Crippen LogP contribution in [0.1, 0.15) is 17.4 Å². The number of ether oxygens (including phenoxy) is 1. The molecule has 0 amide bonds. The van der Waals surface area contributed by atoms with Gasteiger partial charge in [-0.05, 0) is 23.8 Å². The monoisotopic (exact) mass is 362 g/mol. The highest BCUT2D eigenvalue weighted by molar-refractivity contribution is 5.57. The van der Waals surface area contributed by atoms with Crippen molar-refractivity contribution in [2.45, 2.75) is 19.3 Å². The van der Waals surface area contributed by atoms with Crippen molar-refractivity contribution < 1.29 is 13.7 Å². The quantitative estimate of drug-likeness (QED) is 0.551. The van der Waals surface area contributed by atoms with E-state index in [0.29, 0.717) is 30.6 Å². The van der Waals surface area contributed by atoms with Gasteiger partial charge in [0, 0.05) is 5.56 Å². The summed E-state index contributed by atoms with van der Waals surface area (Å²) < 4.78 is 26.3. The van der Waals surface area contributed by atoms with Crippen LogP contribution < -0.4 is 0 Å². The van der Waals surface area contributed by atoms with Gasteiger partial charge in [-0.3, -0.25) is 4.68 Å². The Kier molecular flexibility index (Phi) is 3.79. The van der Waals surface area contributed by atoms with Crippen molar-refractivity contribution in [1.82, 2.24) is 19.9 Å². The van der Waals surface area contributed by atoms with Crippen LogP contribution in [0.5, 0.6) is 0 Å². The zero-order valence-electron chi connectivity index (χ0n) is 14.2. The molecule has 0 saturated heterocycles. The predicted molar refractivity (Wildman–Crippen MR) is 94.9 cm³/mol. The summed E-state index contributed by atoms with van der Waals surface area (Å²) >= 11 is 0. The molecule has 1 aliphatic rings. The third kappa shape index (κ3) is 3.02. The van der Waals surface area contributed by atoms with Crippen molar-refractivity contribution in [1.29, 1.82) is 0 Å². The Morgan fingerprint density at radius 2 is 1.85 bits per heavy atom. The molecule has 7 heteroatoms. The molecule has 2 aromatic heterocycles. The van der Waals surface area contributed by atoms with E-state index in [-0.39, 0.29) is 11.9 Å². The summed E-state index contributed by atoms with van der Waals surface area (Å²) in [5.74, 6) is 0.633. The first kappa shape index (κ1) is 15.9. The van der Waals surface area contributed by atoms with Crippen LogP contribution in [0.25, 0.3) is 23.0 Å². The lowest BCUT2D eigenvalue weighted by Crippen LogP contribution is -2.21. The molecular formula is C20H15FN4O2. The minimum atomic E-state index is -0.262. The van der Waals surface area contributed by atoms with Gasteiger partial charge in [-0.15, -0.1) is 0 Å². The highest BCUT2D eigenvalue weighted by atomic mass is 19.1. The highest BCUT2D eigenvalue weighted by Crippen LogP contribution is 2.29. The number of hydrogen-bond acceptors (Lipinski definition) is 5. The summed E-state index contributed by atoms with van der Waals surface area (Å²) in [5, 5.41) is 8.63. The molecule has 4 aromatic rings. The van der Waals surface area contributed by atoms with Gasteiger partial charge in [0.2, 0.25) is 5.82 Å². The largest absolute Gasteiger partial charge is 0.365 e. The van der Waals surface area contributed by atoms with E-state index in [1.807, 2.05) is 41.1 Å². The number of nitrogens with zero attached hydrogens (tertiary/aromatic N) is 4. The van der Waals surface area contributed by atoms with Crippen molar-refractivity contribution in [2.75, 3.05) is 0 Å². The van der Waals surface area contributed by atoms with Gasteiger partial charge in [-0.1, -0.05) is 47.6 Å². The van der Waals surface area contributed by atoms with Crippen molar-refractivity contribution in [3.63, 3.8) is 0 Å². The molecule has 0 bridgehead atoms. The summed E-state index contributed by atoms with van der Waals surface area (Å²) in [5.41, 5.74) is 3.35. The van der Waals surface area contributed by atoms with Crippen molar-refractivity contribution in [2.24, 2.45) is 0 Å². The normalized spacial score (nSPS) is 16.3. The Balaban J connectivity index is 1.40. The van der Waals surface area contributed by atoms with Crippen molar-refractivity contribution in [3.8, 4) is 23.0 Å². The van der Waals surface area contributed by atoms with E-state index >= 15 is 0 Å². The Bertz CT molecular complexity index is 1070. The standard InChI is InChI=1S/C20H15FN4O2/c21-15-8-6-13(7-9-15)18-11-25-16(12-26-18)10-17(23-25)20-22-19(24-27-20)14-4-2-1-3-5-14/h1-10,18H,11-12H2/t18-/m0/s1. The number of fused-ring (bicyclic) bond motifs is 1. The molecule has 134 valence electrons. The lowest BCUT2D eigenvalue weighted by atomic mass is 10.1. The number of halogens is 1. The maximum absolute atomic E-state index is 13.1. The van der Waals surface area contributed by atoms with Crippen LogP contribution in [0.3, 0.4) is 0 Å². The van der Waals surface area contributed by atoms with E-state index in [0.717, 1.165) is 16.8 Å². The summed E-state index contributed by atoms with van der Waals surface area (Å²) in [6.07, 6.45) is -0.173. The molecule has 5 rings (SSSR count). The van der Waals surface area contributed by atoms with Crippen LogP contribution in [0.15, 0.2) is 65.2 Å². The third-order valence-corrected chi connectivity index (χ3v) is 4.55. The van der Waals surface area contributed by atoms with E-state index in [2.05, 4.69) is 15.2 Å². The molecule has 6 nitrogen and oxygen atoms in total. The van der Waals surface area contributed by atoms with Gasteiger partial charge in [0.25, 0.3) is 5.89 Å². The molecule has 3 heterocycles. The first-order valence-electron chi connectivity index (χ1n) is 8.59. The van der Waals surface area contributed by atoms with Crippen molar-refractivity contribution >= 4 is 0 Å². The predicted octanol–water partition coefficient (Wildman–Crippen LogP) is 4.01. The van der Waals surface area contributed by atoms with Crippen molar-refractivity contribution in [3.05, 3.63) is 77.7 Å². The van der Waals surface area contributed by atoms with E-state index in [9.17, 15) is 4.39 Å². The molecule has 0 unspecified atom stereocenters. The second-order valence-corrected chi connectivity index (χ2v) is 6.34. The molecule has 0 saturated carbocycles.